The number of amides is 2. The third kappa shape index (κ3) is 6.26. The second kappa shape index (κ2) is 8.12. The molecule has 0 saturated carbocycles. The van der Waals surface area contributed by atoms with Crippen molar-refractivity contribution in [3.8, 4) is 0 Å². The summed E-state index contributed by atoms with van der Waals surface area (Å²) in [6.45, 7) is 12.1. The molecule has 0 aliphatic carbocycles. The molecular formula is C15H30N2O3. The zero-order valence-electron chi connectivity index (χ0n) is 13.7. The number of nitrogens with one attached hydrogen (secondary N) is 1. The number of urea groups is 1. The number of aliphatic carboxylic acids is 1. The highest BCUT2D eigenvalue weighted by molar-refractivity contribution is 5.83. The van der Waals surface area contributed by atoms with Gasteiger partial charge in [0.2, 0.25) is 0 Å². The van der Waals surface area contributed by atoms with Crippen LogP contribution in [0.1, 0.15) is 60.8 Å². The van der Waals surface area contributed by atoms with E-state index in [4.69, 9.17) is 0 Å². The quantitative estimate of drug-likeness (QED) is 0.707. The Bertz CT molecular complexity index is 322. The Balaban J connectivity index is 4.77. The highest BCUT2D eigenvalue weighted by atomic mass is 16.4. The molecule has 0 bridgehead atoms. The summed E-state index contributed by atoms with van der Waals surface area (Å²) in [6.07, 6.45) is 3.10. The Kier molecular flexibility index (Phi) is 7.61. The fourth-order valence-corrected chi connectivity index (χ4v) is 1.98. The fourth-order valence-electron chi connectivity index (χ4n) is 1.98. The number of carboxylic acids is 1. The van der Waals surface area contributed by atoms with Crippen molar-refractivity contribution < 1.29 is 14.7 Å². The number of carboxylic acid groups (broad SMARTS) is 1. The Morgan fingerprint density at radius 1 is 1.20 bits per heavy atom. The lowest BCUT2D eigenvalue weighted by Crippen LogP contribution is -2.54. The van der Waals surface area contributed by atoms with E-state index in [1.54, 1.807) is 4.90 Å². The van der Waals surface area contributed by atoms with E-state index in [2.05, 4.69) is 12.2 Å². The van der Waals surface area contributed by atoms with Crippen molar-refractivity contribution in [3.05, 3.63) is 0 Å². The van der Waals surface area contributed by atoms with E-state index < -0.39 is 17.4 Å². The van der Waals surface area contributed by atoms with Gasteiger partial charge >= 0.3 is 12.0 Å². The van der Waals surface area contributed by atoms with E-state index in [-0.39, 0.29) is 12.1 Å². The number of nitrogens with zero attached hydrogens (tertiary/aromatic N) is 1. The van der Waals surface area contributed by atoms with Gasteiger partial charge < -0.3 is 15.3 Å². The highest BCUT2D eigenvalue weighted by Gasteiger charge is 2.34. The van der Waals surface area contributed by atoms with Crippen molar-refractivity contribution in [2.45, 2.75) is 72.9 Å². The first-order valence-corrected chi connectivity index (χ1v) is 7.41. The van der Waals surface area contributed by atoms with Gasteiger partial charge in [-0.2, -0.15) is 0 Å². The van der Waals surface area contributed by atoms with Gasteiger partial charge in [-0.1, -0.05) is 40.5 Å². The molecule has 118 valence electrons. The first-order valence-electron chi connectivity index (χ1n) is 7.41. The van der Waals surface area contributed by atoms with Gasteiger partial charge in [0.25, 0.3) is 0 Å². The Morgan fingerprint density at radius 3 is 2.10 bits per heavy atom. The van der Waals surface area contributed by atoms with Crippen LogP contribution in [-0.2, 0) is 4.79 Å². The minimum Gasteiger partial charge on any atom is -0.480 e. The molecule has 0 rings (SSSR count). The van der Waals surface area contributed by atoms with E-state index in [1.165, 1.54) is 0 Å². The maximum atomic E-state index is 12.3. The number of unbranched alkanes of at least 4 members (excludes halogenated alkanes) is 2. The van der Waals surface area contributed by atoms with Gasteiger partial charge in [0.05, 0.1) is 0 Å². The van der Waals surface area contributed by atoms with Gasteiger partial charge in [-0.05, 0) is 25.7 Å². The molecule has 0 radical (unpaired) electrons. The van der Waals surface area contributed by atoms with Crippen LogP contribution in [-0.4, -0.2) is 40.6 Å². The van der Waals surface area contributed by atoms with Gasteiger partial charge in [0, 0.05) is 12.6 Å². The van der Waals surface area contributed by atoms with E-state index in [1.807, 2.05) is 34.6 Å². The monoisotopic (exact) mass is 286 g/mol. The number of rotatable bonds is 7. The summed E-state index contributed by atoms with van der Waals surface area (Å²) in [6, 6.07) is -1.12. The molecule has 0 aliphatic heterocycles. The van der Waals surface area contributed by atoms with Gasteiger partial charge in [0.1, 0.15) is 6.04 Å². The van der Waals surface area contributed by atoms with Crippen molar-refractivity contribution in [1.29, 1.82) is 0 Å². The highest BCUT2D eigenvalue weighted by Crippen LogP contribution is 2.20. The van der Waals surface area contributed by atoms with Crippen molar-refractivity contribution >= 4 is 12.0 Å². The summed E-state index contributed by atoms with van der Waals surface area (Å²) in [5, 5.41) is 11.9. The molecule has 0 aliphatic rings. The standard InChI is InChI=1S/C15H30N2O3/c1-7-8-9-10-17(11(2)3)14(20)16-12(13(18)19)15(4,5)6/h11-12H,7-10H2,1-6H3,(H,16,20)(H,18,19)/t12-/m0/s1. The first-order chi connectivity index (χ1) is 9.11. The molecule has 0 aromatic rings. The summed E-state index contributed by atoms with van der Waals surface area (Å²) in [5.74, 6) is -0.997. The summed E-state index contributed by atoms with van der Waals surface area (Å²) in [7, 11) is 0. The van der Waals surface area contributed by atoms with Crippen LogP contribution in [0.2, 0.25) is 0 Å². The predicted molar refractivity (Wildman–Crippen MR) is 80.8 cm³/mol. The van der Waals surface area contributed by atoms with Crippen molar-refractivity contribution in [3.63, 3.8) is 0 Å². The summed E-state index contributed by atoms with van der Waals surface area (Å²) in [5.41, 5.74) is -0.520. The minimum atomic E-state index is -0.997. The van der Waals surface area contributed by atoms with Crippen LogP contribution in [0.4, 0.5) is 4.79 Å². The Hall–Kier alpha value is -1.26. The fraction of sp³-hybridized carbons (Fsp3) is 0.867. The summed E-state index contributed by atoms with van der Waals surface area (Å²) < 4.78 is 0. The van der Waals surface area contributed by atoms with E-state index in [9.17, 15) is 14.7 Å². The van der Waals surface area contributed by atoms with Gasteiger partial charge in [-0.3, -0.25) is 0 Å². The van der Waals surface area contributed by atoms with Crippen LogP contribution in [0.15, 0.2) is 0 Å². The maximum Gasteiger partial charge on any atom is 0.326 e. The molecule has 1 atom stereocenters. The molecule has 2 amide bonds. The van der Waals surface area contributed by atoms with Crippen molar-refractivity contribution in [1.82, 2.24) is 10.2 Å². The van der Waals surface area contributed by atoms with Crippen LogP contribution in [0, 0.1) is 5.41 Å². The minimum absolute atomic E-state index is 0.0567. The predicted octanol–water partition coefficient (Wildman–Crippen LogP) is 3.10. The third-order valence-electron chi connectivity index (χ3n) is 3.27. The number of carbonyl (C=O) groups excluding carboxylic acids is 1. The zero-order chi connectivity index (χ0) is 15.9. The topological polar surface area (TPSA) is 69.6 Å². The molecule has 0 spiro atoms. The molecule has 0 saturated heterocycles. The average molecular weight is 286 g/mol. The first kappa shape index (κ1) is 18.7. The van der Waals surface area contributed by atoms with Gasteiger partial charge in [0.15, 0.2) is 0 Å². The number of hydrogen-bond acceptors (Lipinski definition) is 2. The molecular weight excluding hydrogens is 256 g/mol. The van der Waals surface area contributed by atoms with E-state index in [0.717, 1.165) is 19.3 Å². The van der Waals surface area contributed by atoms with Crippen molar-refractivity contribution in [2.24, 2.45) is 5.41 Å². The van der Waals surface area contributed by atoms with Gasteiger partial charge in [-0.15, -0.1) is 0 Å². The molecule has 0 aromatic carbocycles. The largest absolute Gasteiger partial charge is 0.480 e. The lowest BCUT2D eigenvalue weighted by atomic mass is 9.87. The Morgan fingerprint density at radius 2 is 1.75 bits per heavy atom. The van der Waals surface area contributed by atoms with Crippen LogP contribution < -0.4 is 5.32 Å². The van der Waals surface area contributed by atoms with Crippen molar-refractivity contribution in [2.75, 3.05) is 6.54 Å². The smallest absolute Gasteiger partial charge is 0.326 e. The summed E-state index contributed by atoms with van der Waals surface area (Å²) in [4.78, 5) is 25.3. The molecule has 0 heterocycles. The molecule has 5 nitrogen and oxygen atoms in total. The SMILES string of the molecule is CCCCCN(C(=O)N[C@@H](C(=O)O)C(C)(C)C)C(C)C. The van der Waals surface area contributed by atoms with E-state index in [0.29, 0.717) is 6.54 Å². The Labute approximate surface area is 122 Å². The van der Waals surface area contributed by atoms with Crippen LogP contribution >= 0.6 is 0 Å². The molecule has 5 heteroatoms. The maximum absolute atomic E-state index is 12.3. The van der Waals surface area contributed by atoms with Crippen LogP contribution in [0.3, 0.4) is 0 Å². The summed E-state index contributed by atoms with van der Waals surface area (Å²) >= 11 is 0. The van der Waals surface area contributed by atoms with Crippen LogP contribution in [0.5, 0.6) is 0 Å². The van der Waals surface area contributed by atoms with Crippen LogP contribution in [0.25, 0.3) is 0 Å². The normalized spacial score (nSPS) is 13.2. The lowest BCUT2D eigenvalue weighted by Gasteiger charge is -2.33. The molecule has 0 unspecified atom stereocenters. The number of hydrogen-bond donors (Lipinski definition) is 2. The van der Waals surface area contributed by atoms with E-state index >= 15 is 0 Å². The third-order valence-corrected chi connectivity index (χ3v) is 3.27. The molecule has 2 N–H and O–H groups in total. The second-order valence-corrected chi connectivity index (χ2v) is 6.58. The molecule has 20 heavy (non-hydrogen) atoms. The zero-order valence-corrected chi connectivity index (χ0v) is 13.7. The second-order valence-electron chi connectivity index (χ2n) is 6.58. The van der Waals surface area contributed by atoms with Gasteiger partial charge in [-0.25, -0.2) is 9.59 Å². The molecule has 0 fully saturated rings. The lowest BCUT2D eigenvalue weighted by molar-refractivity contribution is -0.142. The number of carbonyl (C=O) groups is 2. The average Bonchev–Trinajstić information content (AvgIpc) is 2.29. The molecule has 0 aromatic heterocycles.